The lowest BCUT2D eigenvalue weighted by molar-refractivity contribution is -0.125. The molecule has 0 radical (unpaired) electrons. The van der Waals surface area contributed by atoms with Crippen molar-refractivity contribution in [2.45, 2.75) is 32.7 Å². The number of rotatable bonds is 7. The number of amides is 1. The molecule has 30 heavy (non-hydrogen) atoms. The highest BCUT2D eigenvalue weighted by Crippen LogP contribution is 2.26. The first-order valence-electron chi connectivity index (χ1n) is 10.3. The maximum absolute atomic E-state index is 12.4. The Hall–Kier alpha value is -3.35. The summed E-state index contributed by atoms with van der Waals surface area (Å²) in [6.45, 7) is 4.08. The first-order valence-corrected chi connectivity index (χ1v) is 10.3. The molecule has 1 amide bonds. The van der Waals surface area contributed by atoms with Gasteiger partial charge in [-0.3, -0.25) is 4.79 Å². The van der Waals surface area contributed by atoms with Crippen LogP contribution in [0.15, 0.2) is 59.5 Å². The molecule has 156 valence electrons. The van der Waals surface area contributed by atoms with Gasteiger partial charge in [0.25, 0.3) is 0 Å². The third-order valence-electron chi connectivity index (χ3n) is 5.39. The number of nitrogens with one attached hydrogen (secondary N) is 1. The second kappa shape index (κ2) is 9.43. The van der Waals surface area contributed by atoms with E-state index in [1.165, 1.54) is 11.9 Å². The largest absolute Gasteiger partial charge is 0.467 e. The van der Waals surface area contributed by atoms with Crippen LogP contribution in [0, 0.1) is 5.92 Å². The van der Waals surface area contributed by atoms with Gasteiger partial charge in [-0.05, 0) is 49.1 Å². The molecule has 3 heterocycles. The molecule has 0 atom stereocenters. The Labute approximate surface area is 176 Å². The molecule has 0 saturated carbocycles. The van der Waals surface area contributed by atoms with E-state index in [0.717, 1.165) is 49.7 Å². The molecule has 0 unspecified atom stereocenters. The minimum absolute atomic E-state index is 0.00542. The van der Waals surface area contributed by atoms with Crippen molar-refractivity contribution < 1.29 is 13.9 Å². The molecule has 1 N–H and O–H groups in total. The number of furan rings is 1. The number of piperidine rings is 1. The van der Waals surface area contributed by atoms with Crippen LogP contribution in [-0.4, -0.2) is 29.0 Å². The molecule has 1 saturated heterocycles. The van der Waals surface area contributed by atoms with E-state index in [4.69, 9.17) is 9.15 Å². The van der Waals surface area contributed by atoms with Crippen LogP contribution in [0.25, 0.3) is 0 Å². The highest BCUT2D eigenvalue weighted by molar-refractivity contribution is 5.78. The maximum atomic E-state index is 12.4. The zero-order valence-corrected chi connectivity index (χ0v) is 17.1. The van der Waals surface area contributed by atoms with Crippen LogP contribution in [0.5, 0.6) is 11.6 Å². The highest BCUT2D eigenvalue weighted by Gasteiger charge is 2.26. The van der Waals surface area contributed by atoms with Gasteiger partial charge in [-0.1, -0.05) is 19.1 Å². The van der Waals surface area contributed by atoms with E-state index in [1.54, 1.807) is 6.26 Å². The van der Waals surface area contributed by atoms with E-state index in [0.29, 0.717) is 12.4 Å². The number of hydrogen-bond acceptors (Lipinski definition) is 6. The SMILES string of the molecule is CCc1ccc(Oc2cc(N3CCC(C(=O)NCc4ccco4)CC3)ncn2)cc1. The Balaban J connectivity index is 1.30. The Bertz CT molecular complexity index is 949. The van der Waals surface area contributed by atoms with E-state index in [1.807, 2.05) is 30.3 Å². The van der Waals surface area contributed by atoms with Crippen molar-refractivity contribution in [1.29, 1.82) is 0 Å². The zero-order chi connectivity index (χ0) is 20.8. The lowest BCUT2D eigenvalue weighted by Gasteiger charge is -2.32. The lowest BCUT2D eigenvalue weighted by atomic mass is 9.96. The summed E-state index contributed by atoms with van der Waals surface area (Å²) in [6.07, 6.45) is 5.69. The fourth-order valence-corrected chi connectivity index (χ4v) is 3.58. The van der Waals surface area contributed by atoms with Gasteiger partial charge in [0.15, 0.2) is 0 Å². The van der Waals surface area contributed by atoms with E-state index in [9.17, 15) is 4.79 Å². The summed E-state index contributed by atoms with van der Waals surface area (Å²) in [6, 6.07) is 13.5. The number of aryl methyl sites for hydroxylation is 1. The van der Waals surface area contributed by atoms with Crippen molar-refractivity contribution in [3.63, 3.8) is 0 Å². The number of nitrogens with zero attached hydrogens (tertiary/aromatic N) is 3. The van der Waals surface area contributed by atoms with Gasteiger partial charge in [0, 0.05) is 25.1 Å². The van der Waals surface area contributed by atoms with Gasteiger partial charge >= 0.3 is 0 Å². The molecule has 7 nitrogen and oxygen atoms in total. The van der Waals surface area contributed by atoms with E-state index >= 15 is 0 Å². The lowest BCUT2D eigenvalue weighted by Crippen LogP contribution is -2.40. The molecule has 0 aliphatic carbocycles. The molecular formula is C23H26N4O3. The second-order valence-corrected chi connectivity index (χ2v) is 7.37. The summed E-state index contributed by atoms with van der Waals surface area (Å²) in [5.41, 5.74) is 1.27. The highest BCUT2D eigenvalue weighted by atomic mass is 16.5. The van der Waals surface area contributed by atoms with Crippen molar-refractivity contribution in [3.8, 4) is 11.6 Å². The second-order valence-electron chi connectivity index (χ2n) is 7.37. The number of hydrogen-bond donors (Lipinski definition) is 1. The molecule has 1 aliphatic heterocycles. The van der Waals surface area contributed by atoms with Gasteiger partial charge in [-0.15, -0.1) is 0 Å². The Morgan fingerprint density at radius 2 is 2.00 bits per heavy atom. The average molecular weight is 406 g/mol. The first-order chi connectivity index (χ1) is 14.7. The van der Waals surface area contributed by atoms with Gasteiger partial charge in [0.2, 0.25) is 11.8 Å². The van der Waals surface area contributed by atoms with E-state index in [2.05, 4.69) is 39.2 Å². The molecule has 2 aromatic heterocycles. The van der Waals surface area contributed by atoms with E-state index < -0.39 is 0 Å². The molecule has 7 heteroatoms. The van der Waals surface area contributed by atoms with Gasteiger partial charge in [0.1, 0.15) is 23.7 Å². The number of ether oxygens (including phenoxy) is 1. The van der Waals surface area contributed by atoms with Gasteiger partial charge in [-0.25, -0.2) is 9.97 Å². The van der Waals surface area contributed by atoms with Crippen LogP contribution in [0.3, 0.4) is 0 Å². The number of benzene rings is 1. The summed E-state index contributed by atoms with van der Waals surface area (Å²) in [5.74, 6) is 2.93. The fraction of sp³-hybridized carbons (Fsp3) is 0.348. The molecule has 0 bridgehead atoms. The van der Waals surface area contributed by atoms with Gasteiger partial charge in [-0.2, -0.15) is 0 Å². The summed E-state index contributed by atoms with van der Waals surface area (Å²) in [4.78, 5) is 23.2. The van der Waals surface area contributed by atoms with Crippen LogP contribution in [0.1, 0.15) is 31.1 Å². The van der Waals surface area contributed by atoms with Crippen molar-refractivity contribution in [2.75, 3.05) is 18.0 Å². The van der Waals surface area contributed by atoms with Crippen LogP contribution in [0.2, 0.25) is 0 Å². The standard InChI is InChI=1S/C23H26N4O3/c1-2-17-5-7-19(8-6-17)30-22-14-21(25-16-26-22)27-11-9-18(10-12-27)23(28)24-15-20-4-3-13-29-20/h3-8,13-14,16,18H,2,9-12,15H2,1H3,(H,24,28). The minimum Gasteiger partial charge on any atom is -0.467 e. The molecule has 1 aliphatic rings. The Kier molecular flexibility index (Phi) is 6.27. The zero-order valence-electron chi connectivity index (χ0n) is 17.1. The van der Waals surface area contributed by atoms with Crippen LogP contribution in [-0.2, 0) is 17.8 Å². The van der Waals surface area contributed by atoms with Crippen LogP contribution in [0.4, 0.5) is 5.82 Å². The number of carbonyl (C=O) groups excluding carboxylic acids is 1. The maximum Gasteiger partial charge on any atom is 0.224 e. The summed E-state index contributed by atoms with van der Waals surface area (Å²) in [7, 11) is 0. The Morgan fingerprint density at radius 1 is 1.20 bits per heavy atom. The minimum atomic E-state index is 0.00542. The fourth-order valence-electron chi connectivity index (χ4n) is 3.58. The van der Waals surface area contributed by atoms with E-state index in [-0.39, 0.29) is 11.8 Å². The van der Waals surface area contributed by atoms with Gasteiger partial charge < -0.3 is 19.4 Å². The molecule has 4 rings (SSSR count). The van der Waals surface area contributed by atoms with Crippen molar-refractivity contribution in [2.24, 2.45) is 5.92 Å². The van der Waals surface area contributed by atoms with Crippen molar-refractivity contribution >= 4 is 11.7 Å². The van der Waals surface area contributed by atoms with Crippen LogP contribution >= 0.6 is 0 Å². The number of aromatic nitrogens is 2. The molecular weight excluding hydrogens is 380 g/mol. The normalized spacial score (nSPS) is 14.5. The predicted octanol–water partition coefficient (Wildman–Crippen LogP) is 3.96. The number of carbonyl (C=O) groups is 1. The monoisotopic (exact) mass is 406 g/mol. The number of anilines is 1. The third-order valence-corrected chi connectivity index (χ3v) is 5.39. The molecule has 0 spiro atoms. The summed E-state index contributed by atoms with van der Waals surface area (Å²) >= 11 is 0. The topological polar surface area (TPSA) is 80.5 Å². The van der Waals surface area contributed by atoms with Gasteiger partial charge in [0.05, 0.1) is 12.8 Å². The average Bonchev–Trinajstić information content (AvgIpc) is 3.32. The molecule has 1 fully saturated rings. The molecule has 3 aromatic rings. The van der Waals surface area contributed by atoms with Crippen LogP contribution < -0.4 is 15.0 Å². The predicted molar refractivity (Wildman–Crippen MR) is 113 cm³/mol. The molecule has 1 aromatic carbocycles. The Morgan fingerprint density at radius 3 is 2.70 bits per heavy atom. The summed E-state index contributed by atoms with van der Waals surface area (Å²) in [5, 5.41) is 2.96. The first kappa shape index (κ1) is 19.9. The van der Waals surface area contributed by atoms with Crippen molar-refractivity contribution in [1.82, 2.24) is 15.3 Å². The summed E-state index contributed by atoms with van der Waals surface area (Å²) < 4.78 is 11.1. The quantitative estimate of drug-likeness (QED) is 0.640. The third kappa shape index (κ3) is 4.97. The van der Waals surface area contributed by atoms with Crippen molar-refractivity contribution in [3.05, 3.63) is 66.4 Å². The smallest absolute Gasteiger partial charge is 0.224 e.